The molecule has 0 atom stereocenters. The first-order valence-electron chi connectivity index (χ1n) is 7.24. The van der Waals surface area contributed by atoms with Crippen molar-refractivity contribution in [2.75, 3.05) is 11.9 Å². The first-order valence-corrected chi connectivity index (χ1v) is 7.24. The van der Waals surface area contributed by atoms with Crippen LogP contribution in [0.3, 0.4) is 0 Å². The molecule has 0 aliphatic heterocycles. The number of rotatable bonds is 6. The third-order valence-corrected chi connectivity index (χ3v) is 3.26. The largest absolute Gasteiger partial charge is 0.573 e. The van der Waals surface area contributed by atoms with Crippen LogP contribution >= 0.6 is 0 Å². The molecule has 0 bridgehead atoms. The summed E-state index contributed by atoms with van der Waals surface area (Å²) in [6.45, 7) is 2.29. The summed E-state index contributed by atoms with van der Waals surface area (Å²) in [7, 11) is 0. The lowest BCUT2D eigenvalue weighted by Gasteiger charge is -2.12. The van der Waals surface area contributed by atoms with Gasteiger partial charge >= 0.3 is 6.36 Å². The summed E-state index contributed by atoms with van der Waals surface area (Å²) in [6, 6.07) is 13.0. The number of amides is 1. The molecule has 1 amide bonds. The average molecular weight is 338 g/mol. The van der Waals surface area contributed by atoms with Crippen LogP contribution in [-0.2, 0) is 11.3 Å². The van der Waals surface area contributed by atoms with Gasteiger partial charge in [0.15, 0.2) is 0 Å². The van der Waals surface area contributed by atoms with Gasteiger partial charge in [0.05, 0.1) is 6.54 Å². The summed E-state index contributed by atoms with van der Waals surface area (Å²) < 4.78 is 40.4. The van der Waals surface area contributed by atoms with Gasteiger partial charge in [-0.25, -0.2) is 0 Å². The molecular formula is C17H17F3N2O2. The quantitative estimate of drug-likeness (QED) is 0.846. The number of ether oxygens (including phenoxy) is 1. The molecule has 0 heterocycles. The fourth-order valence-corrected chi connectivity index (χ4v) is 2.05. The Bertz CT molecular complexity index is 702. The first-order chi connectivity index (χ1) is 11.3. The molecule has 2 aromatic rings. The SMILES string of the molecule is Cc1ccccc1CNC(=O)CNc1cccc(OC(F)(F)F)c1. The molecule has 7 heteroatoms. The van der Waals surface area contributed by atoms with Gasteiger partial charge in [-0.3, -0.25) is 4.79 Å². The maximum absolute atomic E-state index is 12.2. The van der Waals surface area contributed by atoms with Crippen LogP contribution in [0.5, 0.6) is 5.75 Å². The fourth-order valence-electron chi connectivity index (χ4n) is 2.05. The molecular weight excluding hydrogens is 321 g/mol. The molecule has 0 aromatic heterocycles. The number of carbonyl (C=O) groups excluding carboxylic acids is 1. The number of aryl methyl sites for hydroxylation is 1. The zero-order valence-electron chi connectivity index (χ0n) is 13.0. The van der Waals surface area contributed by atoms with Gasteiger partial charge in [0.2, 0.25) is 5.91 Å². The Morgan fingerprint density at radius 1 is 1.12 bits per heavy atom. The van der Waals surface area contributed by atoms with Gasteiger partial charge in [0.1, 0.15) is 5.75 Å². The number of nitrogens with one attached hydrogen (secondary N) is 2. The molecule has 2 N–H and O–H groups in total. The number of alkyl halides is 3. The minimum atomic E-state index is -4.75. The van der Waals surface area contributed by atoms with E-state index in [0.29, 0.717) is 12.2 Å². The summed E-state index contributed by atoms with van der Waals surface area (Å²) in [5.74, 6) is -0.604. The topological polar surface area (TPSA) is 50.4 Å². The molecule has 0 aliphatic rings. The van der Waals surface area contributed by atoms with Crippen LogP contribution in [-0.4, -0.2) is 18.8 Å². The maximum atomic E-state index is 12.2. The lowest BCUT2D eigenvalue weighted by Crippen LogP contribution is -2.29. The van der Waals surface area contributed by atoms with Crippen molar-refractivity contribution < 1.29 is 22.7 Å². The lowest BCUT2D eigenvalue weighted by molar-refractivity contribution is -0.274. The van der Waals surface area contributed by atoms with E-state index < -0.39 is 6.36 Å². The van der Waals surface area contributed by atoms with Crippen molar-refractivity contribution >= 4 is 11.6 Å². The standard InChI is InChI=1S/C17H17F3N2O2/c1-12-5-2-3-6-13(12)10-22-16(23)11-21-14-7-4-8-15(9-14)24-17(18,19)20/h2-9,21H,10-11H2,1H3,(H,22,23). The molecule has 2 rings (SSSR count). The molecule has 24 heavy (non-hydrogen) atoms. The molecule has 128 valence electrons. The van der Waals surface area contributed by atoms with Gasteiger partial charge in [-0.1, -0.05) is 30.3 Å². The number of hydrogen-bond acceptors (Lipinski definition) is 3. The monoisotopic (exact) mass is 338 g/mol. The highest BCUT2D eigenvalue weighted by Crippen LogP contribution is 2.24. The Morgan fingerprint density at radius 3 is 2.58 bits per heavy atom. The molecule has 4 nitrogen and oxygen atoms in total. The molecule has 0 saturated carbocycles. The summed E-state index contributed by atoms with van der Waals surface area (Å²) in [4.78, 5) is 11.8. The number of hydrogen-bond donors (Lipinski definition) is 2. The van der Waals surface area contributed by atoms with E-state index in [1.807, 2.05) is 31.2 Å². The second kappa shape index (κ2) is 7.72. The van der Waals surface area contributed by atoms with Crippen LogP contribution in [0.2, 0.25) is 0 Å². The number of anilines is 1. The van der Waals surface area contributed by atoms with Gasteiger partial charge in [-0.2, -0.15) is 0 Å². The maximum Gasteiger partial charge on any atom is 0.573 e. The van der Waals surface area contributed by atoms with E-state index in [0.717, 1.165) is 11.1 Å². The average Bonchev–Trinajstić information content (AvgIpc) is 2.51. The van der Waals surface area contributed by atoms with E-state index >= 15 is 0 Å². The highest BCUT2D eigenvalue weighted by molar-refractivity contribution is 5.80. The van der Waals surface area contributed by atoms with Crippen LogP contribution in [0.25, 0.3) is 0 Å². The Hall–Kier alpha value is -2.70. The van der Waals surface area contributed by atoms with E-state index in [4.69, 9.17) is 0 Å². The Morgan fingerprint density at radius 2 is 1.88 bits per heavy atom. The van der Waals surface area contributed by atoms with Crippen molar-refractivity contribution in [3.8, 4) is 5.75 Å². The summed E-state index contributed by atoms with van der Waals surface area (Å²) >= 11 is 0. The molecule has 0 radical (unpaired) electrons. The minimum absolute atomic E-state index is 0.0542. The summed E-state index contributed by atoms with van der Waals surface area (Å²) in [5, 5.41) is 5.51. The van der Waals surface area contributed by atoms with Crippen molar-refractivity contribution in [2.45, 2.75) is 19.8 Å². The third kappa shape index (κ3) is 5.83. The van der Waals surface area contributed by atoms with Crippen molar-refractivity contribution in [3.05, 3.63) is 59.7 Å². The fraction of sp³-hybridized carbons (Fsp3) is 0.235. The Balaban J connectivity index is 1.83. The number of carbonyl (C=O) groups is 1. The smallest absolute Gasteiger partial charge is 0.406 e. The molecule has 2 aromatic carbocycles. The Kier molecular flexibility index (Phi) is 5.68. The third-order valence-electron chi connectivity index (χ3n) is 3.26. The van der Waals surface area contributed by atoms with Gasteiger partial charge in [0.25, 0.3) is 0 Å². The molecule has 0 fully saturated rings. The lowest BCUT2D eigenvalue weighted by atomic mass is 10.1. The second-order valence-corrected chi connectivity index (χ2v) is 5.13. The molecule has 0 unspecified atom stereocenters. The number of benzene rings is 2. The van der Waals surface area contributed by atoms with Crippen LogP contribution in [0.1, 0.15) is 11.1 Å². The van der Waals surface area contributed by atoms with E-state index in [-0.39, 0.29) is 18.2 Å². The highest BCUT2D eigenvalue weighted by atomic mass is 19.4. The van der Waals surface area contributed by atoms with E-state index in [1.165, 1.54) is 18.2 Å². The van der Waals surface area contributed by atoms with Gasteiger partial charge in [-0.15, -0.1) is 13.2 Å². The minimum Gasteiger partial charge on any atom is -0.406 e. The molecule has 0 spiro atoms. The Labute approximate surface area is 137 Å². The van der Waals surface area contributed by atoms with E-state index in [9.17, 15) is 18.0 Å². The number of halogens is 3. The van der Waals surface area contributed by atoms with Crippen molar-refractivity contribution in [1.29, 1.82) is 0 Å². The van der Waals surface area contributed by atoms with Crippen molar-refractivity contribution in [3.63, 3.8) is 0 Å². The normalized spacial score (nSPS) is 11.0. The van der Waals surface area contributed by atoms with E-state index in [2.05, 4.69) is 15.4 Å². The predicted octanol–water partition coefficient (Wildman–Crippen LogP) is 3.62. The zero-order chi connectivity index (χ0) is 17.6. The van der Waals surface area contributed by atoms with Gasteiger partial charge in [-0.05, 0) is 30.2 Å². The second-order valence-electron chi connectivity index (χ2n) is 5.13. The van der Waals surface area contributed by atoms with Crippen LogP contribution in [0, 0.1) is 6.92 Å². The predicted molar refractivity (Wildman–Crippen MR) is 84.6 cm³/mol. The van der Waals surface area contributed by atoms with Crippen molar-refractivity contribution in [1.82, 2.24) is 5.32 Å². The van der Waals surface area contributed by atoms with E-state index in [1.54, 1.807) is 6.07 Å². The summed E-state index contributed by atoms with van der Waals surface area (Å²) in [5.41, 5.74) is 2.44. The first kappa shape index (κ1) is 17.7. The van der Waals surface area contributed by atoms with Gasteiger partial charge in [0, 0.05) is 18.3 Å². The van der Waals surface area contributed by atoms with Crippen molar-refractivity contribution in [2.24, 2.45) is 0 Å². The van der Waals surface area contributed by atoms with Gasteiger partial charge < -0.3 is 15.4 Å². The van der Waals surface area contributed by atoms with Crippen LogP contribution in [0.15, 0.2) is 48.5 Å². The molecule has 0 saturated heterocycles. The summed E-state index contributed by atoms with van der Waals surface area (Å²) in [6.07, 6.45) is -4.75. The molecule has 0 aliphatic carbocycles. The van der Waals surface area contributed by atoms with Crippen LogP contribution < -0.4 is 15.4 Å². The highest BCUT2D eigenvalue weighted by Gasteiger charge is 2.31. The van der Waals surface area contributed by atoms with Crippen LogP contribution in [0.4, 0.5) is 18.9 Å². The zero-order valence-corrected chi connectivity index (χ0v) is 13.0.